The standard InChI is InChI=1S/C23H25ClN6O4/c1-29(2)10-11-30(23(33)20-19(21(25)31)26-13-27-20)14-8-9-17(18(12-14)34-3)28-22(32)15-6-4-5-7-16(15)24/h4-9,12-13H,10-11H2,1-3H3,(H2,25,31)(H,26,27)(H,28,32). The van der Waals surface area contributed by atoms with Crippen LogP contribution in [0, 0.1) is 0 Å². The third-order valence-corrected chi connectivity index (χ3v) is 5.30. The van der Waals surface area contributed by atoms with Crippen molar-refractivity contribution in [1.29, 1.82) is 0 Å². The second kappa shape index (κ2) is 10.8. The van der Waals surface area contributed by atoms with Gasteiger partial charge in [-0.25, -0.2) is 4.98 Å². The average molecular weight is 485 g/mol. The monoisotopic (exact) mass is 484 g/mol. The first-order valence-corrected chi connectivity index (χ1v) is 10.6. The van der Waals surface area contributed by atoms with Crippen molar-refractivity contribution in [2.24, 2.45) is 5.73 Å². The van der Waals surface area contributed by atoms with E-state index < -0.39 is 17.7 Å². The van der Waals surface area contributed by atoms with Gasteiger partial charge in [0.25, 0.3) is 17.7 Å². The third kappa shape index (κ3) is 5.53. The molecule has 0 aliphatic heterocycles. The molecule has 3 amide bonds. The number of halogens is 1. The molecule has 10 nitrogen and oxygen atoms in total. The van der Waals surface area contributed by atoms with Crippen molar-refractivity contribution < 1.29 is 19.1 Å². The van der Waals surface area contributed by atoms with Crippen molar-refractivity contribution in [3.8, 4) is 5.75 Å². The number of benzene rings is 2. The topological polar surface area (TPSA) is 134 Å². The molecular weight excluding hydrogens is 460 g/mol. The fourth-order valence-corrected chi connectivity index (χ4v) is 3.43. The number of carbonyl (C=O) groups is 3. The number of H-pyrrole nitrogens is 1. The molecule has 1 aromatic heterocycles. The zero-order chi connectivity index (χ0) is 24.8. The molecule has 0 bridgehead atoms. The number of nitrogens with zero attached hydrogens (tertiary/aromatic N) is 3. The number of hydrogen-bond donors (Lipinski definition) is 3. The number of anilines is 2. The average Bonchev–Trinajstić information content (AvgIpc) is 3.30. The molecule has 1 heterocycles. The van der Waals surface area contributed by atoms with Gasteiger partial charge < -0.3 is 30.6 Å². The molecule has 0 unspecified atom stereocenters. The summed E-state index contributed by atoms with van der Waals surface area (Å²) in [5, 5.41) is 3.10. The summed E-state index contributed by atoms with van der Waals surface area (Å²) in [7, 11) is 5.21. The van der Waals surface area contributed by atoms with Crippen LogP contribution in [0.3, 0.4) is 0 Å². The Morgan fingerprint density at radius 2 is 1.88 bits per heavy atom. The van der Waals surface area contributed by atoms with Crippen LogP contribution in [0.2, 0.25) is 5.02 Å². The highest BCUT2D eigenvalue weighted by atomic mass is 35.5. The van der Waals surface area contributed by atoms with Crippen molar-refractivity contribution in [2.45, 2.75) is 0 Å². The number of nitrogens with two attached hydrogens (primary N) is 1. The minimum Gasteiger partial charge on any atom is -0.494 e. The van der Waals surface area contributed by atoms with Gasteiger partial charge in [0, 0.05) is 24.8 Å². The number of ether oxygens (including phenoxy) is 1. The Balaban J connectivity index is 1.94. The zero-order valence-corrected chi connectivity index (χ0v) is 19.7. The van der Waals surface area contributed by atoms with Gasteiger partial charge in [-0.15, -0.1) is 0 Å². The molecule has 0 radical (unpaired) electrons. The van der Waals surface area contributed by atoms with Gasteiger partial charge in [0.1, 0.15) is 11.4 Å². The van der Waals surface area contributed by atoms with E-state index in [0.29, 0.717) is 40.8 Å². The Hall–Kier alpha value is -3.89. The second-order valence-electron chi connectivity index (χ2n) is 7.57. The van der Waals surface area contributed by atoms with Gasteiger partial charge in [-0.3, -0.25) is 14.4 Å². The summed E-state index contributed by atoms with van der Waals surface area (Å²) in [5.74, 6) is -1.36. The molecule has 2 aromatic carbocycles. The van der Waals surface area contributed by atoms with Crippen LogP contribution in [0.15, 0.2) is 48.8 Å². The molecule has 0 atom stereocenters. The Morgan fingerprint density at radius 1 is 1.15 bits per heavy atom. The van der Waals surface area contributed by atoms with E-state index in [1.54, 1.807) is 42.5 Å². The van der Waals surface area contributed by atoms with E-state index >= 15 is 0 Å². The predicted octanol–water partition coefficient (Wildman–Crippen LogP) is 2.63. The van der Waals surface area contributed by atoms with E-state index in [0.717, 1.165) is 0 Å². The van der Waals surface area contributed by atoms with E-state index in [-0.39, 0.29) is 11.4 Å². The van der Waals surface area contributed by atoms with Crippen LogP contribution in [0.1, 0.15) is 31.3 Å². The van der Waals surface area contributed by atoms with Crippen LogP contribution in [-0.2, 0) is 0 Å². The maximum absolute atomic E-state index is 13.3. The third-order valence-electron chi connectivity index (χ3n) is 4.97. The summed E-state index contributed by atoms with van der Waals surface area (Å²) in [6, 6.07) is 11.6. The lowest BCUT2D eigenvalue weighted by Gasteiger charge is -2.25. The first-order chi connectivity index (χ1) is 16.2. The van der Waals surface area contributed by atoms with E-state index in [4.69, 9.17) is 22.1 Å². The number of primary amides is 1. The summed E-state index contributed by atoms with van der Waals surface area (Å²) in [6.45, 7) is 0.844. The Bertz CT molecular complexity index is 1210. The molecule has 0 aliphatic rings. The van der Waals surface area contributed by atoms with Crippen LogP contribution in [-0.4, -0.2) is 66.9 Å². The number of likely N-dealkylation sites (N-methyl/N-ethyl adjacent to an activating group) is 1. The molecular formula is C23H25ClN6O4. The van der Waals surface area contributed by atoms with Crippen LogP contribution in [0.5, 0.6) is 5.75 Å². The van der Waals surface area contributed by atoms with Gasteiger partial charge in [0.2, 0.25) is 0 Å². The molecule has 0 spiro atoms. The zero-order valence-electron chi connectivity index (χ0n) is 19.0. The number of methoxy groups -OCH3 is 1. The van der Waals surface area contributed by atoms with Crippen molar-refractivity contribution in [3.05, 3.63) is 70.8 Å². The minimum atomic E-state index is -0.813. The number of rotatable bonds is 9. The van der Waals surface area contributed by atoms with Gasteiger partial charge in [-0.2, -0.15) is 0 Å². The first-order valence-electron chi connectivity index (χ1n) is 10.3. The lowest BCUT2D eigenvalue weighted by Crippen LogP contribution is -2.38. The molecule has 34 heavy (non-hydrogen) atoms. The summed E-state index contributed by atoms with van der Waals surface area (Å²) < 4.78 is 5.47. The lowest BCUT2D eigenvalue weighted by molar-refractivity contribution is 0.0954. The molecule has 0 saturated heterocycles. The van der Waals surface area contributed by atoms with Crippen LogP contribution >= 0.6 is 11.6 Å². The maximum atomic E-state index is 13.3. The number of aromatic nitrogens is 2. The van der Waals surface area contributed by atoms with Crippen molar-refractivity contribution >= 4 is 40.7 Å². The Kier molecular flexibility index (Phi) is 7.87. The van der Waals surface area contributed by atoms with Crippen LogP contribution in [0.4, 0.5) is 11.4 Å². The maximum Gasteiger partial charge on any atom is 0.277 e. The first kappa shape index (κ1) is 24.7. The number of nitrogens with one attached hydrogen (secondary N) is 2. The number of carbonyl (C=O) groups excluding carboxylic acids is 3. The number of aromatic amines is 1. The summed E-state index contributed by atoms with van der Waals surface area (Å²) in [4.78, 5) is 47.7. The van der Waals surface area contributed by atoms with E-state index in [1.807, 2.05) is 19.0 Å². The van der Waals surface area contributed by atoms with Gasteiger partial charge in [-0.1, -0.05) is 23.7 Å². The molecule has 3 rings (SSSR count). The normalized spacial score (nSPS) is 10.7. The van der Waals surface area contributed by atoms with Crippen LogP contribution < -0.4 is 20.7 Å². The number of amides is 3. The molecule has 0 aliphatic carbocycles. The fourth-order valence-electron chi connectivity index (χ4n) is 3.21. The number of hydrogen-bond acceptors (Lipinski definition) is 6. The Morgan fingerprint density at radius 3 is 2.53 bits per heavy atom. The largest absolute Gasteiger partial charge is 0.494 e. The van der Waals surface area contributed by atoms with Gasteiger partial charge in [0.05, 0.1) is 29.7 Å². The summed E-state index contributed by atoms with van der Waals surface area (Å²) in [5.41, 5.74) is 6.41. The van der Waals surface area contributed by atoms with Gasteiger partial charge >= 0.3 is 0 Å². The van der Waals surface area contributed by atoms with E-state index in [2.05, 4.69) is 15.3 Å². The van der Waals surface area contributed by atoms with E-state index in [9.17, 15) is 14.4 Å². The van der Waals surface area contributed by atoms with Crippen molar-refractivity contribution in [3.63, 3.8) is 0 Å². The highest BCUT2D eigenvalue weighted by Crippen LogP contribution is 2.31. The van der Waals surface area contributed by atoms with E-state index in [1.165, 1.54) is 18.3 Å². The summed E-state index contributed by atoms with van der Waals surface area (Å²) >= 11 is 6.12. The highest BCUT2D eigenvalue weighted by molar-refractivity contribution is 6.34. The molecule has 3 aromatic rings. The number of imidazole rings is 1. The second-order valence-corrected chi connectivity index (χ2v) is 7.98. The highest BCUT2D eigenvalue weighted by Gasteiger charge is 2.26. The molecule has 4 N–H and O–H groups in total. The molecule has 0 fully saturated rings. The smallest absolute Gasteiger partial charge is 0.277 e. The minimum absolute atomic E-state index is 0.0127. The van der Waals surface area contributed by atoms with Gasteiger partial charge in [-0.05, 0) is 38.4 Å². The summed E-state index contributed by atoms with van der Waals surface area (Å²) in [6.07, 6.45) is 1.24. The molecule has 178 valence electrons. The molecule has 11 heteroatoms. The quantitative estimate of drug-likeness (QED) is 0.427. The SMILES string of the molecule is COc1cc(N(CCN(C)C)C(=O)c2[nH]cnc2C(N)=O)ccc1NC(=O)c1ccccc1Cl. The van der Waals surface area contributed by atoms with Crippen molar-refractivity contribution in [1.82, 2.24) is 14.9 Å². The van der Waals surface area contributed by atoms with Gasteiger partial charge in [0.15, 0.2) is 5.69 Å². The lowest BCUT2D eigenvalue weighted by atomic mass is 10.1. The molecule has 0 saturated carbocycles. The Labute approximate surface area is 201 Å². The predicted molar refractivity (Wildman–Crippen MR) is 130 cm³/mol. The van der Waals surface area contributed by atoms with Crippen molar-refractivity contribution in [2.75, 3.05) is 44.5 Å². The van der Waals surface area contributed by atoms with Crippen LogP contribution in [0.25, 0.3) is 0 Å². The fraction of sp³-hybridized carbons (Fsp3) is 0.217.